The predicted octanol–water partition coefficient (Wildman–Crippen LogP) is 4.04. The first-order valence-corrected chi connectivity index (χ1v) is 8.43. The number of benzene rings is 2. The fourth-order valence-electron chi connectivity index (χ4n) is 2.45. The summed E-state index contributed by atoms with van der Waals surface area (Å²) in [4.78, 5) is 14.2. The Morgan fingerprint density at radius 2 is 1.79 bits per heavy atom. The van der Waals surface area contributed by atoms with E-state index in [4.69, 9.17) is 32.7 Å². The summed E-state index contributed by atoms with van der Waals surface area (Å²) in [7, 11) is 0. The predicted molar refractivity (Wildman–Crippen MR) is 94.0 cm³/mol. The minimum Gasteiger partial charge on any atom is -0.487 e. The fourth-order valence-corrected chi connectivity index (χ4v) is 2.91. The second-order valence-corrected chi connectivity index (χ2v) is 6.31. The Morgan fingerprint density at radius 1 is 1.08 bits per heavy atom. The molecule has 0 bridgehead atoms. The number of amides is 1. The average Bonchev–Trinajstić information content (AvgIpc) is 2.62. The zero-order valence-corrected chi connectivity index (χ0v) is 14.5. The van der Waals surface area contributed by atoms with Crippen molar-refractivity contribution in [3.8, 4) is 5.75 Å². The molecule has 1 fully saturated rings. The molecule has 6 heteroatoms. The molecule has 0 aromatic heterocycles. The molecule has 126 valence electrons. The van der Waals surface area contributed by atoms with Crippen LogP contribution in [0.15, 0.2) is 42.5 Å². The van der Waals surface area contributed by atoms with Crippen LogP contribution >= 0.6 is 23.2 Å². The molecule has 4 nitrogen and oxygen atoms in total. The molecule has 1 amide bonds. The van der Waals surface area contributed by atoms with Crippen molar-refractivity contribution in [3.05, 3.63) is 63.6 Å². The third-order valence-corrected chi connectivity index (χ3v) is 4.32. The molecule has 0 spiro atoms. The maximum atomic E-state index is 12.4. The van der Waals surface area contributed by atoms with Crippen molar-refractivity contribution in [2.75, 3.05) is 26.3 Å². The van der Waals surface area contributed by atoms with Crippen LogP contribution in [0.4, 0.5) is 0 Å². The van der Waals surface area contributed by atoms with Gasteiger partial charge in [-0.05, 0) is 35.9 Å². The number of rotatable bonds is 4. The Balaban J connectivity index is 1.61. The van der Waals surface area contributed by atoms with E-state index in [-0.39, 0.29) is 5.91 Å². The Morgan fingerprint density at radius 3 is 2.46 bits per heavy atom. The number of morpholine rings is 1. The lowest BCUT2D eigenvalue weighted by atomic mass is 10.1. The van der Waals surface area contributed by atoms with Crippen LogP contribution in [-0.4, -0.2) is 37.1 Å². The number of nitrogens with zero attached hydrogens (tertiary/aromatic N) is 1. The molecule has 0 aliphatic carbocycles. The zero-order valence-electron chi connectivity index (χ0n) is 13.0. The lowest BCUT2D eigenvalue weighted by Gasteiger charge is -2.26. The van der Waals surface area contributed by atoms with Gasteiger partial charge in [0.2, 0.25) is 0 Å². The highest BCUT2D eigenvalue weighted by Crippen LogP contribution is 2.28. The first-order valence-electron chi connectivity index (χ1n) is 7.67. The zero-order chi connectivity index (χ0) is 16.9. The van der Waals surface area contributed by atoms with Gasteiger partial charge in [0.15, 0.2) is 0 Å². The van der Waals surface area contributed by atoms with Crippen LogP contribution in [0.5, 0.6) is 5.75 Å². The Hall–Kier alpha value is -1.75. The van der Waals surface area contributed by atoms with Gasteiger partial charge in [0.05, 0.1) is 18.2 Å². The summed E-state index contributed by atoms with van der Waals surface area (Å²) < 4.78 is 11.0. The van der Waals surface area contributed by atoms with E-state index in [0.717, 1.165) is 5.56 Å². The van der Waals surface area contributed by atoms with Crippen LogP contribution in [0.3, 0.4) is 0 Å². The molecule has 0 N–H and O–H groups in total. The van der Waals surface area contributed by atoms with Crippen LogP contribution in [-0.2, 0) is 11.3 Å². The molecule has 24 heavy (non-hydrogen) atoms. The van der Waals surface area contributed by atoms with Crippen molar-refractivity contribution in [2.45, 2.75) is 6.61 Å². The average molecular weight is 366 g/mol. The van der Waals surface area contributed by atoms with Gasteiger partial charge in [0.1, 0.15) is 12.4 Å². The van der Waals surface area contributed by atoms with Gasteiger partial charge in [-0.2, -0.15) is 0 Å². The first kappa shape index (κ1) is 17.1. The van der Waals surface area contributed by atoms with Gasteiger partial charge in [-0.15, -0.1) is 0 Å². The van der Waals surface area contributed by atoms with Crippen LogP contribution < -0.4 is 4.74 Å². The summed E-state index contributed by atoms with van der Waals surface area (Å²) in [5.41, 5.74) is 1.63. The Kier molecular flexibility index (Phi) is 5.61. The smallest absolute Gasteiger partial charge is 0.254 e. The third-order valence-electron chi connectivity index (χ3n) is 3.79. The summed E-state index contributed by atoms with van der Waals surface area (Å²) in [5, 5.41) is 1.04. The Labute approximate surface area is 150 Å². The van der Waals surface area contributed by atoms with Gasteiger partial charge in [-0.25, -0.2) is 0 Å². The summed E-state index contributed by atoms with van der Waals surface area (Å²) in [6.45, 7) is 2.84. The van der Waals surface area contributed by atoms with Crippen molar-refractivity contribution in [1.82, 2.24) is 4.90 Å². The van der Waals surface area contributed by atoms with Gasteiger partial charge >= 0.3 is 0 Å². The quantitative estimate of drug-likeness (QED) is 0.820. The molecule has 0 unspecified atom stereocenters. The van der Waals surface area contributed by atoms with Crippen molar-refractivity contribution in [2.24, 2.45) is 0 Å². The van der Waals surface area contributed by atoms with E-state index in [1.165, 1.54) is 0 Å². The molecule has 0 saturated carbocycles. The van der Waals surface area contributed by atoms with Crippen molar-refractivity contribution >= 4 is 29.1 Å². The maximum Gasteiger partial charge on any atom is 0.254 e. The van der Waals surface area contributed by atoms with Crippen LogP contribution in [0.2, 0.25) is 10.0 Å². The fraction of sp³-hybridized carbons (Fsp3) is 0.278. The second-order valence-electron chi connectivity index (χ2n) is 5.46. The monoisotopic (exact) mass is 365 g/mol. The second kappa shape index (κ2) is 7.88. The molecule has 1 aliphatic heterocycles. The highest BCUT2D eigenvalue weighted by molar-refractivity contribution is 6.35. The highest BCUT2D eigenvalue weighted by Gasteiger charge is 2.18. The molecule has 3 rings (SSSR count). The van der Waals surface area contributed by atoms with E-state index in [1.54, 1.807) is 18.2 Å². The van der Waals surface area contributed by atoms with Crippen LogP contribution in [0.25, 0.3) is 0 Å². The molecular weight excluding hydrogens is 349 g/mol. The van der Waals surface area contributed by atoms with Gasteiger partial charge in [0.25, 0.3) is 5.91 Å². The highest BCUT2D eigenvalue weighted by atomic mass is 35.5. The molecule has 0 atom stereocenters. The maximum absolute atomic E-state index is 12.4. The van der Waals surface area contributed by atoms with E-state index in [0.29, 0.717) is 54.3 Å². The lowest BCUT2D eigenvalue weighted by molar-refractivity contribution is 0.0303. The minimum absolute atomic E-state index is 0.0338. The minimum atomic E-state index is 0.0338. The van der Waals surface area contributed by atoms with Crippen molar-refractivity contribution < 1.29 is 14.3 Å². The van der Waals surface area contributed by atoms with E-state index >= 15 is 0 Å². The number of ether oxygens (including phenoxy) is 2. The van der Waals surface area contributed by atoms with Crippen molar-refractivity contribution in [1.29, 1.82) is 0 Å². The van der Waals surface area contributed by atoms with Gasteiger partial charge in [-0.3, -0.25) is 4.79 Å². The van der Waals surface area contributed by atoms with Gasteiger partial charge in [0, 0.05) is 23.7 Å². The van der Waals surface area contributed by atoms with Crippen molar-refractivity contribution in [3.63, 3.8) is 0 Å². The Bertz CT molecular complexity index is 713. The van der Waals surface area contributed by atoms with Crippen LogP contribution in [0, 0.1) is 0 Å². The van der Waals surface area contributed by atoms with E-state index in [9.17, 15) is 4.79 Å². The largest absolute Gasteiger partial charge is 0.487 e. The molecule has 2 aromatic rings. The topological polar surface area (TPSA) is 38.8 Å². The van der Waals surface area contributed by atoms with Gasteiger partial charge in [-0.1, -0.05) is 35.3 Å². The van der Waals surface area contributed by atoms with E-state index in [2.05, 4.69) is 0 Å². The number of hydrogen-bond acceptors (Lipinski definition) is 3. The SMILES string of the molecule is O=C(c1ccc(COc2ccc(Cl)cc2Cl)cc1)N1CCOCC1. The van der Waals surface area contributed by atoms with Crippen LogP contribution in [0.1, 0.15) is 15.9 Å². The molecule has 0 radical (unpaired) electrons. The number of carbonyl (C=O) groups excluding carboxylic acids is 1. The molecule has 1 aliphatic rings. The lowest BCUT2D eigenvalue weighted by Crippen LogP contribution is -2.40. The first-order chi connectivity index (χ1) is 11.6. The summed E-state index contributed by atoms with van der Waals surface area (Å²) >= 11 is 11.9. The molecule has 1 heterocycles. The summed E-state index contributed by atoms with van der Waals surface area (Å²) in [6, 6.07) is 12.5. The number of hydrogen-bond donors (Lipinski definition) is 0. The number of halogens is 2. The molecule has 1 saturated heterocycles. The van der Waals surface area contributed by atoms with E-state index in [1.807, 2.05) is 29.2 Å². The van der Waals surface area contributed by atoms with E-state index < -0.39 is 0 Å². The summed E-state index contributed by atoms with van der Waals surface area (Å²) in [5.74, 6) is 0.612. The van der Waals surface area contributed by atoms with Gasteiger partial charge < -0.3 is 14.4 Å². The molecular formula is C18H17Cl2NO3. The normalized spacial score (nSPS) is 14.5. The standard InChI is InChI=1S/C18H17Cl2NO3/c19-15-5-6-17(16(20)11-15)24-12-13-1-3-14(4-2-13)18(22)21-7-9-23-10-8-21/h1-6,11H,7-10,12H2. The third kappa shape index (κ3) is 4.20. The molecule has 2 aromatic carbocycles. The number of carbonyl (C=O) groups is 1. The summed E-state index contributed by atoms with van der Waals surface area (Å²) in [6.07, 6.45) is 0.